The molecular formula is C19H25N3OS. The van der Waals surface area contributed by atoms with Crippen LogP contribution in [0.5, 0.6) is 5.75 Å². The Kier molecular flexibility index (Phi) is 4.81. The van der Waals surface area contributed by atoms with Crippen molar-refractivity contribution in [3.63, 3.8) is 0 Å². The number of aromatic nitrogens is 2. The van der Waals surface area contributed by atoms with E-state index in [1.165, 1.54) is 42.9 Å². The van der Waals surface area contributed by atoms with E-state index in [2.05, 4.69) is 15.3 Å². The molecule has 2 aliphatic rings. The van der Waals surface area contributed by atoms with Crippen molar-refractivity contribution in [2.75, 3.05) is 19.7 Å². The van der Waals surface area contributed by atoms with Crippen molar-refractivity contribution in [2.24, 2.45) is 5.92 Å². The fraction of sp³-hybridized carbons (Fsp3) is 0.579. The normalized spacial score (nSPS) is 21.8. The van der Waals surface area contributed by atoms with Gasteiger partial charge in [-0.05, 0) is 45.2 Å². The van der Waals surface area contributed by atoms with Crippen LogP contribution in [0, 0.1) is 12.8 Å². The second-order valence-corrected chi connectivity index (χ2v) is 8.03. The summed E-state index contributed by atoms with van der Waals surface area (Å²) in [7, 11) is 0. The van der Waals surface area contributed by atoms with Crippen LogP contribution in [0.4, 0.5) is 0 Å². The molecule has 1 saturated carbocycles. The zero-order valence-electron chi connectivity index (χ0n) is 14.3. The minimum Gasteiger partial charge on any atom is -0.493 e. The molecule has 2 aromatic rings. The number of nitrogens with zero attached hydrogens (tertiary/aromatic N) is 3. The van der Waals surface area contributed by atoms with E-state index < -0.39 is 0 Å². The molecule has 1 aliphatic heterocycles. The van der Waals surface area contributed by atoms with Crippen LogP contribution in [0.1, 0.15) is 48.0 Å². The molecule has 0 bridgehead atoms. The van der Waals surface area contributed by atoms with Gasteiger partial charge >= 0.3 is 0 Å². The third-order valence-corrected chi connectivity index (χ3v) is 5.89. The number of rotatable bonds is 6. The minimum atomic E-state index is 0.605. The van der Waals surface area contributed by atoms with Gasteiger partial charge in [-0.25, -0.2) is 4.98 Å². The van der Waals surface area contributed by atoms with Gasteiger partial charge in [0.05, 0.1) is 17.3 Å². The summed E-state index contributed by atoms with van der Waals surface area (Å²) in [6.07, 6.45) is 7.00. The van der Waals surface area contributed by atoms with E-state index in [9.17, 15) is 0 Å². The SMILES string of the molecule is Cc1cc(OCC2CCCN(Cc3csc(C4CC4)n3)C2)ccn1. The molecule has 1 atom stereocenters. The van der Waals surface area contributed by atoms with E-state index in [-0.39, 0.29) is 0 Å². The van der Waals surface area contributed by atoms with Gasteiger partial charge in [-0.2, -0.15) is 0 Å². The van der Waals surface area contributed by atoms with Crippen LogP contribution in [-0.4, -0.2) is 34.6 Å². The lowest BCUT2D eigenvalue weighted by Gasteiger charge is -2.32. The number of thiazole rings is 1. The molecule has 1 aliphatic carbocycles. The molecular weight excluding hydrogens is 318 g/mol. The number of aryl methyl sites for hydroxylation is 1. The second kappa shape index (κ2) is 7.19. The summed E-state index contributed by atoms with van der Waals surface area (Å²) >= 11 is 1.85. The maximum atomic E-state index is 5.99. The van der Waals surface area contributed by atoms with Gasteiger partial charge in [0.25, 0.3) is 0 Å². The smallest absolute Gasteiger partial charge is 0.122 e. The standard InChI is InChI=1S/C19H25N3OS/c1-14-9-18(6-7-20-14)23-12-15-3-2-8-22(10-15)11-17-13-24-19(21-17)16-4-5-16/h6-7,9,13,15-16H,2-5,8,10-12H2,1H3. The van der Waals surface area contributed by atoms with Gasteiger partial charge in [0.15, 0.2) is 0 Å². The van der Waals surface area contributed by atoms with Crippen molar-refractivity contribution in [3.8, 4) is 5.75 Å². The highest BCUT2D eigenvalue weighted by Gasteiger charge is 2.27. The average molecular weight is 343 g/mol. The lowest BCUT2D eigenvalue weighted by molar-refractivity contribution is 0.124. The first-order valence-electron chi connectivity index (χ1n) is 8.98. The van der Waals surface area contributed by atoms with Gasteiger partial charge < -0.3 is 4.74 Å². The van der Waals surface area contributed by atoms with Crippen LogP contribution in [0.25, 0.3) is 0 Å². The van der Waals surface area contributed by atoms with Gasteiger partial charge in [-0.15, -0.1) is 11.3 Å². The Hall–Kier alpha value is -1.46. The molecule has 2 fully saturated rings. The van der Waals surface area contributed by atoms with Crippen LogP contribution in [0.3, 0.4) is 0 Å². The average Bonchev–Trinajstić information content (AvgIpc) is 3.34. The molecule has 2 aromatic heterocycles. The van der Waals surface area contributed by atoms with Crippen molar-refractivity contribution in [2.45, 2.75) is 45.1 Å². The van der Waals surface area contributed by atoms with Gasteiger partial charge in [0, 0.05) is 48.3 Å². The largest absolute Gasteiger partial charge is 0.493 e. The fourth-order valence-electron chi connectivity index (χ4n) is 3.40. The minimum absolute atomic E-state index is 0.605. The Balaban J connectivity index is 1.28. The van der Waals surface area contributed by atoms with E-state index in [1.54, 1.807) is 0 Å². The molecule has 1 unspecified atom stereocenters. The summed E-state index contributed by atoms with van der Waals surface area (Å²) in [5.74, 6) is 2.32. The quantitative estimate of drug-likeness (QED) is 0.794. The molecule has 0 aromatic carbocycles. The molecule has 0 N–H and O–H groups in total. The Morgan fingerprint density at radius 2 is 2.25 bits per heavy atom. The molecule has 128 valence electrons. The molecule has 0 radical (unpaired) electrons. The Morgan fingerprint density at radius 1 is 1.33 bits per heavy atom. The summed E-state index contributed by atoms with van der Waals surface area (Å²) in [6.45, 7) is 6.08. The number of ether oxygens (including phenoxy) is 1. The zero-order valence-corrected chi connectivity index (χ0v) is 15.1. The molecule has 5 heteroatoms. The summed E-state index contributed by atoms with van der Waals surface area (Å²) in [6, 6.07) is 3.96. The molecule has 0 amide bonds. The topological polar surface area (TPSA) is 38.2 Å². The van der Waals surface area contributed by atoms with Crippen LogP contribution >= 0.6 is 11.3 Å². The molecule has 4 nitrogen and oxygen atoms in total. The van der Waals surface area contributed by atoms with Crippen LogP contribution in [0.2, 0.25) is 0 Å². The van der Waals surface area contributed by atoms with Crippen molar-refractivity contribution in [3.05, 3.63) is 40.1 Å². The van der Waals surface area contributed by atoms with E-state index in [4.69, 9.17) is 9.72 Å². The maximum Gasteiger partial charge on any atom is 0.122 e. The van der Waals surface area contributed by atoms with E-state index in [0.717, 1.165) is 37.1 Å². The maximum absolute atomic E-state index is 5.99. The van der Waals surface area contributed by atoms with E-state index >= 15 is 0 Å². The first-order valence-corrected chi connectivity index (χ1v) is 9.86. The van der Waals surface area contributed by atoms with Crippen LogP contribution in [0.15, 0.2) is 23.7 Å². The summed E-state index contributed by atoms with van der Waals surface area (Å²) in [5, 5.41) is 3.61. The van der Waals surface area contributed by atoms with Gasteiger partial charge in [0.1, 0.15) is 5.75 Å². The van der Waals surface area contributed by atoms with Crippen molar-refractivity contribution < 1.29 is 4.74 Å². The number of hydrogen-bond donors (Lipinski definition) is 0. The highest BCUT2D eigenvalue weighted by molar-refractivity contribution is 7.09. The monoisotopic (exact) mass is 343 g/mol. The summed E-state index contributed by atoms with van der Waals surface area (Å²) in [4.78, 5) is 11.6. The third kappa shape index (κ3) is 4.14. The highest BCUT2D eigenvalue weighted by Crippen LogP contribution is 2.41. The van der Waals surface area contributed by atoms with Crippen molar-refractivity contribution in [1.29, 1.82) is 0 Å². The number of likely N-dealkylation sites (tertiary alicyclic amines) is 1. The second-order valence-electron chi connectivity index (χ2n) is 7.14. The van der Waals surface area contributed by atoms with E-state index in [0.29, 0.717) is 5.92 Å². The first-order chi connectivity index (χ1) is 11.8. The van der Waals surface area contributed by atoms with E-state index in [1.807, 2.05) is 36.6 Å². The number of pyridine rings is 1. The molecule has 24 heavy (non-hydrogen) atoms. The molecule has 3 heterocycles. The van der Waals surface area contributed by atoms with Crippen molar-refractivity contribution in [1.82, 2.24) is 14.9 Å². The fourth-order valence-corrected chi connectivity index (χ4v) is 4.38. The van der Waals surface area contributed by atoms with Crippen LogP contribution < -0.4 is 4.74 Å². The van der Waals surface area contributed by atoms with Crippen LogP contribution in [-0.2, 0) is 6.54 Å². The van der Waals surface area contributed by atoms with Gasteiger partial charge in [-0.3, -0.25) is 9.88 Å². The zero-order chi connectivity index (χ0) is 16.4. The predicted octanol–water partition coefficient (Wildman–Crippen LogP) is 4.01. The Labute approximate surface area is 147 Å². The molecule has 1 saturated heterocycles. The molecule has 4 rings (SSSR count). The van der Waals surface area contributed by atoms with Gasteiger partial charge in [0.2, 0.25) is 0 Å². The lowest BCUT2D eigenvalue weighted by atomic mass is 9.99. The summed E-state index contributed by atoms with van der Waals surface area (Å²) in [5.41, 5.74) is 2.26. The third-order valence-electron chi connectivity index (χ3n) is 4.84. The van der Waals surface area contributed by atoms with Crippen molar-refractivity contribution >= 4 is 11.3 Å². The number of hydrogen-bond acceptors (Lipinski definition) is 5. The lowest BCUT2D eigenvalue weighted by Crippen LogP contribution is -2.37. The summed E-state index contributed by atoms with van der Waals surface area (Å²) < 4.78 is 5.99. The highest BCUT2D eigenvalue weighted by atomic mass is 32.1. The molecule has 0 spiro atoms. The predicted molar refractivity (Wildman–Crippen MR) is 96.6 cm³/mol. The Bertz CT molecular complexity index is 683. The van der Waals surface area contributed by atoms with Gasteiger partial charge in [-0.1, -0.05) is 0 Å². The first kappa shape index (κ1) is 16.0. The number of piperidine rings is 1. The Morgan fingerprint density at radius 3 is 3.08 bits per heavy atom.